The number of benzene rings is 2. The number of likely N-dealkylation sites (tertiary alicyclic amines) is 1. The smallest absolute Gasteiger partial charge is 0.344 e. The number of amides is 1. The zero-order chi connectivity index (χ0) is 18.1. The van der Waals surface area contributed by atoms with Gasteiger partial charge in [0.25, 0.3) is 5.91 Å². The number of carbonyl (C=O) groups excluding carboxylic acids is 1. The molecule has 132 valence electrons. The highest BCUT2D eigenvalue weighted by atomic mass is 16.4. The molecule has 26 heavy (non-hydrogen) atoms. The molecule has 0 saturated carbocycles. The fourth-order valence-corrected chi connectivity index (χ4v) is 3.48. The molecule has 1 aliphatic rings. The number of nitrogens with two attached hydrogens (primary N) is 1. The SMILES string of the molecule is NC[C@H]1CCN(C(=O)c2cccc(-c3cc4ccccc4oc3=O)c2)C1. The van der Waals surface area contributed by atoms with Gasteiger partial charge in [0, 0.05) is 24.0 Å². The van der Waals surface area contributed by atoms with Gasteiger partial charge in [0.15, 0.2) is 0 Å². The highest BCUT2D eigenvalue weighted by Crippen LogP contribution is 2.24. The van der Waals surface area contributed by atoms with Crippen LogP contribution in [0.15, 0.2) is 63.8 Å². The van der Waals surface area contributed by atoms with E-state index < -0.39 is 5.63 Å². The number of fused-ring (bicyclic) bond motifs is 1. The molecular weight excluding hydrogens is 328 g/mol. The zero-order valence-electron chi connectivity index (χ0n) is 14.4. The summed E-state index contributed by atoms with van der Waals surface area (Å²) in [6.07, 6.45) is 0.941. The second kappa shape index (κ2) is 6.77. The average molecular weight is 348 g/mol. The van der Waals surface area contributed by atoms with Crippen LogP contribution in [0.2, 0.25) is 0 Å². The molecule has 0 spiro atoms. The summed E-state index contributed by atoms with van der Waals surface area (Å²) in [6, 6.07) is 16.4. The topological polar surface area (TPSA) is 76.5 Å². The summed E-state index contributed by atoms with van der Waals surface area (Å²) in [4.78, 5) is 27.0. The van der Waals surface area contributed by atoms with Gasteiger partial charge in [-0.1, -0.05) is 30.3 Å². The van der Waals surface area contributed by atoms with E-state index in [0.717, 1.165) is 18.4 Å². The van der Waals surface area contributed by atoms with Crippen molar-refractivity contribution in [3.05, 3.63) is 70.6 Å². The monoisotopic (exact) mass is 348 g/mol. The Bertz CT molecular complexity index is 1020. The summed E-state index contributed by atoms with van der Waals surface area (Å²) in [6.45, 7) is 2.02. The number of nitrogens with zero attached hydrogens (tertiary/aromatic N) is 1. The van der Waals surface area contributed by atoms with Crippen molar-refractivity contribution in [2.45, 2.75) is 6.42 Å². The Balaban J connectivity index is 1.69. The molecule has 0 radical (unpaired) electrons. The van der Waals surface area contributed by atoms with E-state index in [1.807, 2.05) is 35.2 Å². The number of para-hydroxylation sites is 1. The van der Waals surface area contributed by atoms with E-state index >= 15 is 0 Å². The molecule has 1 saturated heterocycles. The predicted octanol–water partition coefficient (Wildman–Crippen LogP) is 2.88. The minimum Gasteiger partial charge on any atom is -0.422 e. The van der Waals surface area contributed by atoms with Crippen LogP contribution in [0.4, 0.5) is 0 Å². The molecule has 2 heterocycles. The van der Waals surface area contributed by atoms with Gasteiger partial charge in [0.1, 0.15) is 5.58 Å². The van der Waals surface area contributed by atoms with E-state index in [2.05, 4.69) is 0 Å². The first-order chi connectivity index (χ1) is 12.7. The zero-order valence-corrected chi connectivity index (χ0v) is 14.4. The molecule has 2 aromatic carbocycles. The summed E-state index contributed by atoms with van der Waals surface area (Å²) in [5.74, 6) is 0.350. The lowest BCUT2D eigenvalue weighted by atomic mass is 10.0. The highest BCUT2D eigenvalue weighted by molar-refractivity contribution is 5.96. The van der Waals surface area contributed by atoms with Crippen LogP contribution in [-0.2, 0) is 0 Å². The van der Waals surface area contributed by atoms with Gasteiger partial charge >= 0.3 is 5.63 Å². The summed E-state index contributed by atoms with van der Waals surface area (Å²) < 4.78 is 5.41. The van der Waals surface area contributed by atoms with Crippen LogP contribution in [0.25, 0.3) is 22.1 Å². The van der Waals surface area contributed by atoms with Crippen LogP contribution in [-0.4, -0.2) is 30.4 Å². The van der Waals surface area contributed by atoms with E-state index in [1.54, 1.807) is 24.3 Å². The van der Waals surface area contributed by atoms with Gasteiger partial charge in [0.2, 0.25) is 0 Å². The quantitative estimate of drug-likeness (QED) is 0.739. The third-order valence-electron chi connectivity index (χ3n) is 4.97. The molecule has 1 aromatic heterocycles. The number of rotatable bonds is 3. The van der Waals surface area contributed by atoms with Gasteiger partial charge in [0.05, 0.1) is 5.56 Å². The highest BCUT2D eigenvalue weighted by Gasteiger charge is 2.26. The molecule has 5 heteroatoms. The summed E-state index contributed by atoms with van der Waals surface area (Å²) in [5, 5.41) is 0.851. The van der Waals surface area contributed by atoms with Gasteiger partial charge in [-0.05, 0) is 48.7 Å². The summed E-state index contributed by atoms with van der Waals surface area (Å²) in [5.41, 5.74) is 7.58. The molecule has 4 rings (SSSR count). The Morgan fingerprint density at radius 2 is 2.00 bits per heavy atom. The van der Waals surface area contributed by atoms with Gasteiger partial charge < -0.3 is 15.1 Å². The number of hydrogen-bond donors (Lipinski definition) is 1. The molecule has 2 N–H and O–H groups in total. The first-order valence-electron chi connectivity index (χ1n) is 8.78. The van der Waals surface area contributed by atoms with Gasteiger partial charge in [-0.15, -0.1) is 0 Å². The van der Waals surface area contributed by atoms with Crippen molar-refractivity contribution in [2.75, 3.05) is 19.6 Å². The van der Waals surface area contributed by atoms with E-state index in [4.69, 9.17) is 10.2 Å². The first kappa shape index (κ1) is 16.5. The van der Waals surface area contributed by atoms with Crippen molar-refractivity contribution in [3.8, 4) is 11.1 Å². The molecule has 0 bridgehead atoms. The minimum atomic E-state index is -0.405. The van der Waals surface area contributed by atoms with Crippen molar-refractivity contribution in [3.63, 3.8) is 0 Å². The Morgan fingerprint density at radius 3 is 2.81 bits per heavy atom. The maximum Gasteiger partial charge on any atom is 0.344 e. The molecule has 1 aliphatic heterocycles. The lowest BCUT2D eigenvalue weighted by molar-refractivity contribution is 0.0787. The van der Waals surface area contributed by atoms with Crippen LogP contribution in [0.5, 0.6) is 0 Å². The van der Waals surface area contributed by atoms with Crippen molar-refractivity contribution in [1.29, 1.82) is 0 Å². The number of hydrogen-bond acceptors (Lipinski definition) is 4. The maximum absolute atomic E-state index is 12.8. The Hall–Kier alpha value is -2.92. The standard InChI is InChI=1S/C21H20N2O3/c22-12-14-8-9-23(13-14)20(24)17-6-3-5-15(10-17)18-11-16-4-1-2-7-19(16)26-21(18)25/h1-7,10-11,14H,8-9,12-13,22H2/t14-/m1/s1. The largest absolute Gasteiger partial charge is 0.422 e. The molecule has 3 aromatic rings. The first-order valence-corrected chi connectivity index (χ1v) is 8.78. The lowest BCUT2D eigenvalue weighted by Gasteiger charge is -2.16. The molecule has 5 nitrogen and oxygen atoms in total. The fourth-order valence-electron chi connectivity index (χ4n) is 3.48. The van der Waals surface area contributed by atoms with Crippen molar-refractivity contribution < 1.29 is 9.21 Å². The minimum absolute atomic E-state index is 0.0204. The maximum atomic E-state index is 12.8. The van der Waals surface area contributed by atoms with Gasteiger partial charge in [-0.3, -0.25) is 4.79 Å². The van der Waals surface area contributed by atoms with Crippen LogP contribution >= 0.6 is 0 Å². The third kappa shape index (κ3) is 3.02. The van der Waals surface area contributed by atoms with Gasteiger partial charge in [-0.25, -0.2) is 4.79 Å². The van der Waals surface area contributed by atoms with Crippen molar-refractivity contribution in [1.82, 2.24) is 4.90 Å². The van der Waals surface area contributed by atoms with Crippen molar-refractivity contribution in [2.24, 2.45) is 11.7 Å². The van der Waals surface area contributed by atoms with E-state index in [9.17, 15) is 9.59 Å². The normalized spacial score (nSPS) is 17.0. The third-order valence-corrected chi connectivity index (χ3v) is 4.97. The Morgan fingerprint density at radius 1 is 1.15 bits per heavy atom. The van der Waals surface area contributed by atoms with E-state index in [-0.39, 0.29) is 5.91 Å². The van der Waals surface area contributed by atoms with E-state index in [0.29, 0.717) is 41.3 Å². The van der Waals surface area contributed by atoms with Crippen molar-refractivity contribution >= 4 is 16.9 Å². The molecule has 1 atom stereocenters. The molecule has 1 amide bonds. The van der Waals surface area contributed by atoms with Gasteiger partial charge in [-0.2, -0.15) is 0 Å². The Labute approximate surface area is 151 Å². The van der Waals surface area contributed by atoms with Crippen LogP contribution in [0.1, 0.15) is 16.8 Å². The van der Waals surface area contributed by atoms with Crippen LogP contribution in [0, 0.1) is 5.92 Å². The molecule has 0 unspecified atom stereocenters. The second-order valence-electron chi connectivity index (χ2n) is 6.71. The average Bonchev–Trinajstić information content (AvgIpc) is 3.16. The van der Waals surface area contributed by atoms with E-state index in [1.165, 1.54) is 0 Å². The van der Waals surface area contributed by atoms with Crippen LogP contribution < -0.4 is 11.4 Å². The number of carbonyl (C=O) groups is 1. The molecule has 1 fully saturated rings. The Kier molecular flexibility index (Phi) is 4.31. The second-order valence-corrected chi connectivity index (χ2v) is 6.71. The lowest BCUT2D eigenvalue weighted by Crippen LogP contribution is -2.29. The summed E-state index contributed by atoms with van der Waals surface area (Å²) >= 11 is 0. The molecular formula is C21H20N2O3. The van der Waals surface area contributed by atoms with Crippen LogP contribution in [0.3, 0.4) is 0 Å². The summed E-state index contributed by atoms with van der Waals surface area (Å²) in [7, 11) is 0. The fraction of sp³-hybridized carbons (Fsp3) is 0.238. The molecule has 0 aliphatic carbocycles. The predicted molar refractivity (Wildman–Crippen MR) is 101 cm³/mol.